The van der Waals surface area contributed by atoms with Crippen LogP contribution in [-0.4, -0.2) is 28.2 Å². The van der Waals surface area contributed by atoms with Gasteiger partial charge in [0.1, 0.15) is 12.4 Å². The van der Waals surface area contributed by atoms with E-state index in [4.69, 9.17) is 4.74 Å². The summed E-state index contributed by atoms with van der Waals surface area (Å²) in [7, 11) is 0. The average Bonchev–Trinajstić information content (AvgIpc) is 3.31. The number of carbonyl (C=O) groups is 1. The second-order valence-corrected chi connectivity index (χ2v) is 8.50. The number of rotatable bonds is 10. The topological polar surface area (TPSA) is 55.3 Å². The van der Waals surface area contributed by atoms with Crippen molar-refractivity contribution in [2.24, 2.45) is 5.92 Å². The molecule has 5 nitrogen and oxygen atoms in total. The molecule has 1 aliphatic carbocycles. The largest absolute Gasteiger partial charge is 1.00 e. The molecule has 1 aromatic heterocycles. The average molecular weight is 515 g/mol. The number of halogens is 3. The maximum absolute atomic E-state index is 13.8. The minimum Gasteiger partial charge on any atom is -1.00 e. The molecular weight excluding hydrogens is 482 g/mol. The van der Waals surface area contributed by atoms with Gasteiger partial charge < -0.3 is 26.8 Å². The van der Waals surface area contributed by atoms with E-state index in [0.717, 1.165) is 25.2 Å². The highest BCUT2D eigenvalue weighted by Crippen LogP contribution is 2.47. The normalized spacial score (nSPS) is 19.2. The Balaban J connectivity index is 0.00000363. The molecule has 0 bridgehead atoms. The lowest BCUT2D eigenvalue weighted by molar-refractivity contribution is -0.702. The number of nitrogens with zero attached hydrogens (tertiary/aromatic N) is 2. The maximum atomic E-state index is 13.8. The Labute approximate surface area is 199 Å². The van der Waals surface area contributed by atoms with Crippen molar-refractivity contribution >= 4 is 5.97 Å². The summed E-state index contributed by atoms with van der Waals surface area (Å²) < 4.78 is 37.4. The van der Waals surface area contributed by atoms with Gasteiger partial charge in [0.15, 0.2) is 5.60 Å². The van der Waals surface area contributed by atoms with Crippen LogP contribution in [-0.2, 0) is 28.2 Å². The van der Waals surface area contributed by atoms with Gasteiger partial charge >= 0.3 is 5.97 Å². The van der Waals surface area contributed by atoms with Gasteiger partial charge in [0, 0.05) is 32.1 Å². The van der Waals surface area contributed by atoms with Gasteiger partial charge in [-0.05, 0) is 18.4 Å². The molecular formula is C24H33BrF2N2O3. The molecule has 1 fully saturated rings. The van der Waals surface area contributed by atoms with Crippen LogP contribution in [0.1, 0.15) is 56.8 Å². The Kier molecular flexibility index (Phi) is 9.40. The molecule has 3 rings (SSSR count). The van der Waals surface area contributed by atoms with Crippen LogP contribution in [0.2, 0.25) is 0 Å². The van der Waals surface area contributed by atoms with E-state index in [0.29, 0.717) is 18.5 Å². The highest BCUT2D eigenvalue weighted by Gasteiger charge is 2.54. The zero-order valence-electron chi connectivity index (χ0n) is 18.8. The maximum Gasteiger partial charge on any atom is 0.343 e. The molecule has 1 aliphatic rings. The molecule has 2 atom stereocenters. The summed E-state index contributed by atoms with van der Waals surface area (Å²) in [5, 5.41) is 11.3. The van der Waals surface area contributed by atoms with Crippen molar-refractivity contribution in [1.82, 2.24) is 4.57 Å². The fraction of sp³-hybridized carbons (Fsp3) is 0.583. The number of unbranched alkanes of at least 4 members (excludes halogenated alkanes) is 1. The van der Waals surface area contributed by atoms with Gasteiger partial charge in [0.25, 0.3) is 5.82 Å². The molecule has 0 spiro atoms. The van der Waals surface area contributed by atoms with E-state index in [1.165, 1.54) is 0 Å². The summed E-state index contributed by atoms with van der Waals surface area (Å²) >= 11 is 0. The van der Waals surface area contributed by atoms with Gasteiger partial charge in [-0.15, -0.1) is 0 Å². The van der Waals surface area contributed by atoms with E-state index in [9.17, 15) is 18.7 Å². The van der Waals surface area contributed by atoms with Crippen LogP contribution in [0.4, 0.5) is 8.78 Å². The molecule has 8 heteroatoms. The second kappa shape index (κ2) is 11.4. The zero-order chi connectivity index (χ0) is 22.5. The number of benzene rings is 1. The highest BCUT2D eigenvalue weighted by atomic mass is 79.9. The molecule has 178 valence electrons. The number of hydrogen-bond donors (Lipinski definition) is 1. The first-order valence-electron chi connectivity index (χ1n) is 11.2. The van der Waals surface area contributed by atoms with Crippen molar-refractivity contribution < 1.29 is 45.0 Å². The van der Waals surface area contributed by atoms with E-state index in [-0.39, 0.29) is 36.4 Å². The van der Waals surface area contributed by atoms with E-state index < -0.39 is 29.8 Å². The van der Waals surface area contributed by atoms with E-state index in [1.807, 2.05) is 12.4 Å². The van der Waals surface area contributed by atoms with Crippen molar-refractivity contribution in [3.8, 4) is 0 Å². The first-order chi connectivity index (χ1) is 14.8. The molecule has 1 heterocycles. The lowest BCUT2D eigenvalue weighted by atomic mass is 9.80. The van der Waals surface area contributed by atoms with Crippen molar-refractivity contribution in [2.75, 3.05) is 6.61 Å². The number of hydrogen-bond acceptors (Lipinski definition) is 3. The Bertz CT molecular complexity index is 875. The predicted octanol–water partition coefficient (Wildman–Crippen LogP) is 1.14. The van der Waals surface area contributed by atoms with Gasteiger partial charge in [-0.3, -0.25) is 0 Å². The third-order valence-electron chi connectivity index (χ3n) is 6.31. The number of ether oxygens (including phenoxy) is 1. The molecule has 0 radical (unpaired) electrons. The molecule has 0 unspecified atom stereocenters. The predicted molar refractivity (Wildman–Crippen MR) is 112 cm³/mol. The SMILES string of the molecule is CCCC[n+]1ccn(CCCOC(=O)[C@](O)(c2ccccc2)[C@H]2CCC(F)(F)C2)c1C.[Br-]. The highest BCUT2D eigenvalue weighted by molar-refractivity contribution is 5.81. The zero-order valence-corrected chi connectivity index (χ0v) is 20.4. The molecule has 0 amide bonds. The minimum atomic E-state index is -2.87. The Hall–Kier alpha value is -1.80. The first kappa shape index (κ1) is 26.5. The second-order valence-electron chi connectivity index (χ2n) is 8.50. The summed E-state index contributed by atoms with van der Waals surface area (Å²) in [5.74, 6) is -3.45. The van der Waals surface area contributed by atoms with Crippen LogP contribution in [0.25, 0.3) is 0 Å². The molecule has 0 aliphatic heterocycles. The number of carbonyl (C=O) groups excluding carboxylic acids is 1. The fourth-order valence-corrected chi connectivity index (χ4v) is 4.37. The standard InChI is InChI=1S/C24H33F2N2O3.BrH/c1-3-4-13-27-15-16-28(19(27)2)14-8-17-31-22(29)24(30,20-9-6-5-7-10-20)21-11-12-23(25,26)18-21;/h5-7,9-10,15-16,21,30H,3-4,8,11-14,17-18H2,1-2H3;1H/q+1;/p-1/t21-,24-;/m0./s1. The molecule has 1 N–H and O–H groups in total. The summed E-state index contributed by atoms with van der Waals surface area (Å²) in [5.41, 5.74) is -1.76. The number of imidazole rings is 1. The van der Waals surface area contributed by atoms with Crippen LogP contribution in [0.5, 0.6) is 0 Å². The van der Waals surface area contributed by atoms with Crippen molar-refractivity contribution in [1.29, 1.82) is 0 Å². The van der Waals surface area contributed by atoms with Crippen LogP contribution in [0, 0.1) is 12.8 Å². The van der Waals surface area contributed by atoms with E-state index in [1.54, 1.807) is 30.3 Å². The molecule has 2 aromatic rings. The lowest BCUT2D eigenvalue weighted by Gasteiger charge is -2.32. The molecule has 1 saturated carbocycles. The monoisotopic (exact) mass is 514 g/mol. The lowest BCUT2D eigenvalue weighted by Crippen LogP contribution is -3.00. The van der Waals surface area contributed by atoms with Gasteiger partial charge in [-0.2, -0.15) is 0 Å². The van der Waals surface area contributed by atoms with Gasteiger partial charge in [-0.1, -0.05) is 43.7 Å². The quantitative estimate of drug-likeness (QED) is 0.294. The smallest absolute Gasteiger partial charge is 0.343 e. The summed E-state index contributed by atoms with van der Waals surface area (Å²) in [6, 6.07) is 8.31. The van der Waals surface area contributed by atoms with E-state index in [2.05, 4.69) is 23.0 Å². The summed E-state index contributed by atoms with van der Waals surface area (Å²) in [6.07, 6.45) is 6.10. The minimum absolute atomic E-state index is 0. The van der Waals surface area contributed by atoms with Crippen molar-refractivity contribution in [3.63, 3.8) is 0 Å². The third-order valence-corrected chi connectivity index (χ3v) is 6.31. The molecule has 32 heavy (non-hydrogen) atoms. The Morgan fingerprint density at radius 3 is 2.66 bits per heavy atom. The first-order valence-corrected chi connectivity index (χ1v) is 11.2. The Morgan fingerprint density at radius 1 is 1.31 bits per heavy atom. The number of aromatic nitrogens is 2. The van der Waals surface area contributed by atoms with Gasteiger partial charge in [0.05, 0.1) is 19.7 Å². The van der Waals surface area contributed by atoms with Crippen LogP contribution in [0.15, 0.2) is 42.7 Å². The van der Waals surface area contributed by atoms with Crippen molar-refractivity contribution in [3.05, 3.63) is 54.1 Å². The summed E-state index contributed by atoms with van der Waals surface area (Å²) in [4.78, 5) is 12.9. The van der Waals surface area contributed by atoms with Crippen molar-refractivity contribution in [2.45, 2.75) is 77.0 Å². The van der Waals surface area contributed by atoms with Crippen LogP contribution < -0.4 is 21.5 Å². The van der Waals surface area contributed by atoms with Crippen LogP contribution in [0.3, 0.4) is 0 Å². The Morgan fingerprint density at radius 2 is 2.03 bits per heavy atom. The molecule has 0 saturated heterocycles. The third kappa shape index (κ3) is 5.95. The number of aliphatic hydroxyl groups is 1. The number of alkyl halides is 2. The number of esters is 1. The molecule has 1 aromatic carbocycles. The van der Waals surface area contributed by atoms with Gasteiger partial charge in [0.2, 0.25) is 5.92 Å². The fourth-order valence-electron chi connectivity index (χ4n) is 4.37. The number of aryl methyl sites for hydroxylation is 2. The van der Waals surface area contributed by atoms with Gasteiger partial charge in [-0.25, -0.2) is 22.7 Å². The summed E-state index contributed by atoms with van der Waals surface area (Å²) in [6.45, 7) is 5.97. The van der Waals surface area contributed by atoms with E-state index >= 15 is 0 Å². The van der Waals surface area contributed by atoms with Crippen LogP contribution >= 0.6 is 0 Å².